The summed E-state index contributed by atoms with van der Waals surface area (Å²) in [4.78, 5) is 18.9. The molecular formula is C20H24N6OS. The van der Waals surface area contributed by atoms with Crippen LogP contribution in [0, 0.1) is 19.8 Å². The quantitative estimate of drug-likeness (QED) is 0.718. The normalized spacial score (nSPS) is 16.9. The second-order valence-corrected chi connectivity index (χ2v) is 8.12. The summed E-state index contributed by atoms with van der Waals surface area (Å²) in [6, 6.07) is 8.01. The number of amides is 1. The van der Waals surface area contributed by atoms with Gasteiger partial charge in [0, 0.05) is 43.4 Å². The monoisotopic (exact) mass is 396 g/mol. The average Bonchev–Trinajstić information content (AvgIpc) is 3.33. The number of aromatic nitrogens is 4. The molecule has 0 radical (unpaired) electrons. The van der Waals surface area contributed by atoms with E-state index in [0.29, 0.717) is 13.1 Å². The molecule has 3 aromatic heterocycles. The summed E-state index contributed by atoms with van der Waals surface area (Å²) in [7, 11) is 0. The highest BCUT2D eigenvalue weighted by Crippen LogP contribution is 2.29. The van der Waals surface area contributed by atoms with Gasteiger partial charge in [0.25, 0.3) is 0 Å². The van der Waals surface area contributed by atoms with Gasteiger partial charge >= 0.3 is 0 Å². The van der Waals surface area contributed by atoms with Crippen molar-refractivity contribution in [3.8, 4) is 5.13 Å². The van der Waals surface area contributed by atoms with Gasteiger partial charge in [-0.2, -0.15) is 0 Å². The molecule has 0 unspecified atom stereocenters. The van der Waals surface area contributed by atoms with Crippen LogP contribution in [-0.4, -0.2) is 38.7 Å². The van der Waals surface area contributed by atoms with E-state index in [1.165, 1.54) is 0 Å². The van der Waals surface area contributed by atoms with Crippen molar-refractivity contribution in [1.82, 2.24) is 25.1 Å². The van der Waals surface area contributed by atoms with E-state index in [1.54, 1.807) is 23.7 Å². The SMILES string of the molecule is Cc1ccc(C)n1-c1nnc(N2CCC[C@H](C(=O)NCc3cccnc3)C2)s1. The third-order valence-electron chi connectivity index (χ3n) is 5.12. The van der Waals surface area contributed by atoms with Crippen LogP contribution in [-0.2, 0) is 11.3 Å². The van der Waals surface area contributed by atoms with Gasteiger partial charge in [-0.3, -0.25) is 14.3 Å². The second-order valence-electron chi connectivity index (χ2n) is 7.18. The molecule has 0 aliphatic carbocycles. The summed E-state index contributed by atoms with van der Waals surface area (Å²) >= 11 is 1.58. The molecule has 1 atom stereocenters. The smallest absolute Gasteiger partial charge is 0.225 e. The van der Waals surface area contributed by atoms with E-state index >= 15 is 0 Å². The first-order valence-corrected chi connectivity index (χ1v) is 10.3. The molecular weight excluding hydrogens is 372 g/mol. The van der Waals surface area contributed by atoms with E-state index in [9.17, 15) is 4.79 Å². The molecule has 7 nitrogen and oxygen atoms in total. The maximum Gasteiger partial charge on any atom is 0.225 e. The lowest BCUT2D eigenvalue weighted by atomic mass is 9.97. The molecule has 28 heavy (non-hydrogen) atoms. The second kappa shape index (κ2) is 8.10. The summed E-state index contributed by atoms with van der Waals surface area (Å²) in [5.41, 5.74) is 3.30. The first-order chi connectivity index (χ1) is 13.6. The van der Waals surface area contributed by atoms with Crippen LogP contribution in [0.5, 0.6) is 0 Å². The number of nitrogens with one attached hydrogen (secondary N) is 1. The number of nitrogens with zero attached hydrogens (tertiary/aromatic N) is 5. The van der Waals surface area contributed by atoms with Crippen molar-refractivity contribution < 1.29 is 4.79 Å². The largest absolute Gasteiger partial charge is 0.352 e. The van der Waals surface area contributed by atoms with Gasteiger partial charge < -0.3 is 10.2 Å². The molecule has 1 saturated heterocycles. The molecule has 0 spiro atoms. The zero-order chi connectivity index (χ0) is 19.5. The lowest BCUT2D eigenvalue weighted by Gasteiger charge is -2.31. The average molecular weight is 397 g/mol. The molecule has 0 aromatic carbocycles. The Kier molecular flexibility index (Phi) is 5.38. The van der Waals surface area contributed by atoms with E-state index < -0.39 is 0 Å². The minimum absolute atomic E-state index is 0.0344. The molecule has 1 aliphatic heterocycles. The van der Waals surface area contributed by atoms with E-state index in [2.05, 4.69) is 55.9 Å². The lowest BCUT2D eigenvalue weighted by Crippen LogP contribution is -2.43. The Hall–Kier alpha value is -2.74. The number of carbonyl (C=O) groups is 1. The summed E-state index contributed by atoms with van der Waals surface area (Å²) < 4.78 is 2.11. The molecule has 4 heterocycles. The van der Waals surface area contributed by atoms with Crippen LogP contribution in [0.2, 0.25) is 0 Å². The first-order valence-electron chi connectivity index (χ1n) is 9.52. The Bertz CT molecular complexity index is 931. The van der Waals surface area contributed by atoms with Crippen LogP contribution in [0.15, 0.2) is 36.7 Å². The summed E-state index contributed by atoms with van der Waals surface area (Å²) in [6.07, 6.45) is 5.39. The van der Waals surface area contributed by atoms with E-state index in [1.807, 2.05) is 12.1 Å². The molecule has 1 aliphatic rings. The Morgan fingerprint density at radius 2 is 2.00 bits per heavy atom. The minimum atomic E-state index is -0.0344. The van der Waals surface area contributed by atoms with Gasteiger partial charge in [-0.05, 0) is 50.5 Å². The van der Waals surface area contributed by atoms with Crippen LogP contribution < -0.4 is 10.2 Å². The first kappa shape index (κ1) is 18.6. The van der Waals surface area contributed by atoms with Gasteiger partial charge in [0.2, 0.25) is 16.2 Å². The number of anilines is 1. The Morgan fingerprint density at radius 3 is 2.75 bits per heavy atom. The zero-order valence-corrected chi connectivity index (χ0v) is 16.9. The topological polar surface area (TPSA) is 75.9 Å². The fourth-order valence-electron chi connectivity index (χ4n) is 3.60. The third-order valence-corrected chi connectivity index (χ3v) is 6.09. The van der Waals surface area contributed by atoms with Crippen LogP contribution >= 0.6 is 11.3 Å². The fraction of sp³-hybridized carbons (Fsp3) is 0.400. The number of carbonyl (C=O) groups excluding carboxylic acids is 1. The maximum absolute atomic E-state index is 12.6. The number of hydrogen-bond acceptors (Lipinski definition) is 6. The summed E-state index contributed by atoms with van der Waals surface area (Å²) in [6.45, 7) is 6.23. The van der Waals surface area contributed by atoms with Gasteiger partial charge in [0.1, 0.15) is 0 Å². The van der Waals surface area contributed by atoms with Gasteiger partial charge in [-0.15, -0.1) is 10.2 Å². The molecule has 4 rings (SSSR count). The number of piperidine rings is 1. The van der Waals surface area contributed by atoms with Gasteiger partial charge in [0.15, 0.2) is 0 Å². The molecule has 0 saturated carbocycles. The van der Waals surface area contributed by atoms with Gasteiger partial charge in [0.05, 0.1) is 5.92 Å². The highest BCUT2D eigenvalue weighted by molar-refractivity contribution is 7.17. The van der Waals surface area contributed by atoms with Crippen molar-refractivity contribution >= 4 is 22.4 Å². The minimum Gasteiger partial charge on any atom is -0.352 e. The van der Waals surface area contributed by atoms with Crippen molar-refractivity contribution in [3.63, 3.8) is 0 Å². The maximum atomic E-state index is 12.6. The Labute approximate surface area is 168 Å². The summed E-state index contributed by atoms with van der Waals surface area (Å²) in [5.74, 6) is 0.0585. The predicted octanol–water partition coefficient (Wildman–Crippen LogP) is 2.87. The van der Waals surface area contributed by atoms with Crippen LogP contribution in [0.3, 0.4) is 0 Å². The zero-order valence-electron chi connectivity index (χ0n) is 16.1. The van der Waals surface area contributed by atoms with Gasteiger partial charge in [-0.1, -0.05) is 17.4 Å². The number of aryl methyl sites for hydroxylation is 2. The highest BCUT2D eigenvalue weighted by Gasteiger charge is 2.27. The van der Waals surface area contributed by atoms with Gasteiger partial charge in [-0.25, -0.2) is 0 Å². The van der Waals surface area contributed by atoms with Crippen molar-refractivity contribution in [2.24, 2.45) is 5.92 Å². The number of rotatable bonds is 5. The fourth-order valence-corrected chi connectivity index (χ4v) is 4.60. The molecule has 1 amide bonds. The molecule has 3 aromatic rings. The van der Waals surface area contributed by atoms with E-state index in [4.69, 9.17) is 0 Å². The molecule has 8 heteroatoms. The van der Waals surface area contributed by atoms with Crippen LogP contribution in [0.1, 0.15) is 29.8 Å². The Morgan fingerprint density at radius 1 is 1.21 bits per heavy atom. The van der Waals surface area contributed by atoms with Crippen LogP contribution in [0.4, 0.5) is 5.13 Å². The van der Waals surface area contributed by atoms with Crippen LogP contribution in [0.25, 0.3) is 5.13 Å². The highest BCUT2D eigenvalue weighted by atomic mass is 32.1. The van der Waals surface area contributed by atoms with Crippen molar-refractivity contribution in [3.05, 3.63) is 53.6 Å². The van der Waals surface area contributed by atoms with Crippen molar-refractivity contribution in [2.45, 2.75) is 33.2 Å². The van der Waals surface area contributed by atoms with E-state index in [0.717, 1.165) is 46.6 Å². The van der Waals surface area contributed by atoms with Crippen molar-refractivity contribution in [2.75, 3.05) is 18.0 Å². The molecule has 146 valence electrons. The third kappa shape index (κ3) is 3.91. The molecule has 1 N–H and O–H groups in total. The predicted molar refractivity (Wildman–Crippen MR) is 110 cm³/mol. The number of pyridine rings is 1. The van der Waals surface area contributed by atoms with E-state index in [-0.39, 0.29) is 11.8 Å². The standard InChI is InChI=1S/C20H24N6OS/c1-14-7-8-15(2)26(14)20-24-23-19(28-20)25-10-4-6-17(13-25)18(27)22-12-16-5-3-9-21-11-16/h3,5,7-9,11,17H,4,6,10,12-13H2,1-2H3,(H,22,27)/t17-/m0/s1. The Balaban J connectivity index is 1.41. The number of hydrogen-bond donors (Lipinski definition) is 1. The summed E-state index contributed by atoms with van der Waals surface area (Å²) in [5, 5.41) is 13.6. The lowest BCUT2D eigenvalue weighted by molar-refractivity contribution is -0.125. The molecule has 0 bridgehead atoms. The molecule has 1 fully saturated rings. The van der Waals surface area contributed by atoms with Crippen molar-refractivity contribution in [1.29, 1.82) is 0 Å².